The summed E-state index contributed by atoms with van der Waals surface area (Å²) in [4.78, 5) is 25.6. The van der Waals surface area contributed by atoms with Gasteiger partial charge in [0.1, 0.15) is 0 Å². The van der Waals surface area contributed by atoms with Gasteiger partial charge >= 0.3 is 0 Å². The van der Waals surface area contributed by atoms with Crippen molar-refractivity contribution in [3.05, 3.63) is 95.6 Å². The van der Waals surface area contributed by atoms with Crippen molar-refractivity contribution < 1.29 is 19.1 Å². The van der Waals surface area contributed by atoms with E-state index in [0.717, 1.165) is 22.6 Å². The van der Waals surface area contributed by atoms with Crippen LogP contribution in [0.1, 0.15) is 47.8 Å². The van der Waals surface area contributed by atoms with Crippen molar-refractivity contribution in [2.24, 2.45) is 0 Å². The molecule has 0 saturated carbocycles. The van der Waals surface area contributed by atoms with Gasteiger partial charge < -0.3 is 20.1 Å². The van der Waals surface area contributed by atoms with Gasteiger partial charge in [0.25, 0.3) is 5.91 Å². The number of amides is 2. The van der Waals surface area contributed by atoms with E-state index < -0.39 is 6.04 Å². The second-order valence-electron chi connectivity index (χ2n) is 8.74. The van der Waals surface area contributed by atoms with Gasteiger partial charge in [0.2, 0.25) is 12.7 Å². The van der Waals surface area contributed by atoms with Gasteiger partial charge in [-0.2, -0.15) is 0 Å². The van der Waals surface area contributed by atoms with E-state index >= 15 is 0 Å². The van der Waals surface area contributed by atoms with Crippen LogP contribution >= 0.6 is 0 Å². The van der Waals surface area contributed by atoms with Gasteiger partial charge in [-0.05, 0) is 35.4 Å². The molecule has 0 saturated heterocycles. The quantitative estimate of drug-likeness (QED) is 0.541. The molecule has 3 aromatic carbocycles. The zero-order chi connectivity index (χ0) is 23.3. The highest BCUT2D eigenvalue weighted by atomic mass is 16.7. The zero-order valence-corrected chi connectivity index (χ0v) is 18.8. The molecule has 3 aromatic rings. The summed E-state index contributed by atoms with van der Waals surface area (Å²) in [6.45, 7) is 4.80. The SMILES string of the molecule is CC(C)(CNC(=O)C[C@@H](NC(=O)c1ccccc1)c1ccccc1)c1ccc2c(c1)OCO2. The molecule has 0 spiro atoms. The minimum Gasteiger partial charge on any atom is -0.454 e. The lowest BCUT2D eigenvalue weighted by Crippen LogP contribution is -2.39. The molecule has 0 fully saturated rings. The van der Waals surface area contributed by atoms with Gasteiger partial charge in [0, 0.05) is 17.5 Å². The second-order valence-corrected chi connectivity index (χ2v) is 8.74. The second kappa shape index (κ2) is 9.77. The summed E-state index contributed by atoms with van der Waals surface area (Å²) in [5, 5.41) is 6.05. The van der Waals surface area contributed by atoms with Gasteiger partial charge in [0.15, 0.2) is 11.5 Å². The molecule has 1 aliphatic rings. The van der Waals surface area contributed by atoms with E-state index in [0.29, 0.717) is 12.1 Å². The molecule has 6 heteroatoms. The third-order valence-corrected chi connectivity index (χ3v) is 5.81. The summed E-state index contributed by atoms with van der Waals surface area (Å²) >= 11 is 0. The van der Waals surface area contributed by atoms with Crippen molar-refractivity contribution in [1.29, 1.82) is 0 Å². The number of rotatable bonds is 8. The summed E-state index contributed by atoms with van der Waals surface area (Å²) in [6, 6.07) is 24.0. The maximum absolute atomic E-state index is 12.9. The van der Waals surface area contributed by atoms with Crippen LogP contribution in [0.25, 0.3) is 0 Å². The van der Waals surface area contributed by atoms with Crippen LogP contribution in [0.5, 0.6) is 11.5 Å². The molecule has 0 unspecified atom stereocenters. The Bertz CT molecular complexity index is 1110. The largest absolute Gasteiger partial charge is 0.454 e. The first-order chi connectivity index (χ1) is 15.9. The van der Waals surface area contributed by atoms with E-state index in [-0.39, 0.29) is 30.4 Å². The van der Waals surface area contributed by atoms with Gasteiger partial charge in [-0.3, -0.25) is 9.59 Å². The number of benzene rings is 3. The standard InChI is InChI=1S/C27H28N2O4/c1-27(2,21-13-14-23-24(15-21)33-18-32-23)17-28-25(30)16-22(19-9-5-3-6-10-19)29-26(31)20-11-7-4-8-12-20/h3-15,22H,16-18H2,1-2H3,(H,28,30)(H,29,31)/t22-/m1/s1. The number of hydrogen-bond donors (Lipinski definition) is 2. The Morgan fingerprint density at radius 1 is 0.909 bits per heavy atom. The summed E-state index contributed by atoms with van der Waals surface area (Å²) in [6.07, 6.45) is 0.139. The van der Waals surface area contributed by atoms with E-state index in [2.05, 4.69) is 24.5 Å². The Morgan fingerprint density at radius 2 is 1.58 bits per heavy atom. The molecule has 2 N–H and O–H groups in total. The molecule has 0 aliphatic carbocycles. The average molecular weight is 445 g/mol. The molecule has 2 amide bonds. The van der Waals surface area contributed by atoms with E-state index in [9.17, 15) is 9.59 Å². The Hall–Kier alpha value is -3.80. The molecule has 33 heavy (non-hydrogen) atoms. The van der Waals surface area contributed by atoms with Crippen molar-refractivity contribution in [1.82, 2.24) is 10.6 Å². The highest BCUT2D eigenvalue weighted by molar-refractivity contribution is 5.94. The molecule has 1 heterocycles. The van der Waals surface area contributed by atoms with E-state index in [1.807, 2.05) is 66.7 Å². The highest BCUT2D eigenvalue weighted by Crippen LogP contribution is 2.36. The summed E-state index contributed by atoms with van der Waals surface area (Å²) in [7, 11) is 0. The van der Waals surface area contributed by atoms with E-state index in [1.165, 1.54) is 0 Å². The maximum atomic E-state index is 12.9. The van der Waals surface area contributed by atoms with Gasteiger partial charge in [-0.25, -0.2) is 0 Å². The Morgan fingerprint density at radius 3 is 2.30 bits per heavy atom. The van der Waals surface area contributed by atoms with Crippen molar-refractivity contribution in [2.75, 3.05) is 13.3 Å². The van der Waals surface area contributed by atoms with E-state index in [4.69, 9.17) is 9.47 Å². The number of carbonyl (C=O) groups excluding carboxylic acids is 2. The third-order valence-electron chi connectivity index (χ3n) is 5.81. The van der Waals surface area contributed by atoms with Crippen LogP contribution in [-0.4, -0.2) is 25.2 Å². The zero-order valence-electron chi connectivity index (χ0n) is 18.8. The molecule has 1 atom stereocenters. The number of nitrogens with one attached hydrogen (secondary N) is 2. The predicted molar refractivity (Wildman–Crippen MR) is 126 cm³/mol. The number of ether oxygens (including phenoxy) is 2. The van der Waals surface area contributed by atoms with Crippen LogP contribution in [0, 0.1) is 0 Å². The minimum absolute atomic E-state index is 0.133. The molecule has 0 aromatic heterocycles. The number of carbonyl (C=O) groups is 2. The van der Waals surface area contributed by atoms with Crippen molar-refractivity contribution >= 4 is 11.8 Å². The lowest BCUT2D eigenvalue weighted by atomic mass is 9.84. The molecule has 1 aliphatic heterocycles. The Labute approximate surface area is 193 Å². The van der Waals surface area contributed by atoms with Gasteiger partial charge in [-0.1, -0.05) is 68.4 Å². The molecule has 0 bridgehead atoms. The number of hydrogen-bond acceptors (Lipinski definition) is 4. The highest BCUT2D eigenvalue weighted by Gasteiger charge is 2.26. The first-order valence-corrected chi connectivity index (χ1v) is 11.0. The summed E-state index contributed by atoms with van der Waals surface area (Å²) < 4.78 is 10.9. The third kappa shape index (κ3) is 5.52. The van der Waals surface area contributed by atoms with Crippen molar-refractivity contribution in [2.45, 2.75) is 31.7 Å². The minimum atomic E-state index is -0.437. The normalized spacial score (nSPS) is 13.3. The smallest absolute Gasteiger partial charge is 0.251 e. The fraction of sp³-hybridized carbons (Fsp3) is 0.259. The summed E-state index contributed by atoms with van der Waals surface area (Å²) in [5.41, 5.74) is 2.17. The monoisotopic (exact) mass is 444 g/mol. The Balaban J connectivity index is 1.41. The maximum Gasteiger partial charge on any atom is 0.251 e. The van der Waals surface area contributed by atoms with Crippen LogP contribution in [0.3, 0.4) is 0 Å². The van der Waals surface area contributed by atoms with Gasteiger partial charge in [-0.15, -0.1) is 0 Å². The van der Waals surface area contributed by atoms with Crippen molar-refractivity contribution in [3.63, 3.8) is 0 Å². The van der Waals surface area contributed by atoms with Gasteiger partial charge in [0.05, 0.1) is 12.5 Å². The number of fused-ring (bicyclic) bond motifs is 1. The first-order valence-electron chi connectivity index (χ1n) is 11.0. The first kappa shape index (κ1) is 22.4. The van der Waals surface area contributed by atoms with Crippen molar-refractivity contribution in [3.8, 4) is 11.5 Å². The lowest BCUT2D eigenvalue weighted by Gasteiger charge is -2.27. The molecule has 0 radical (unpaired) electrons. The van der Waals surface area contributed by atoms with Crippen LogP contribution in [0.2, 0.25) is 0 Å². The molecule has 6 nitrogen and oxygen atoms in total. The molecule has 4 rings (SSSR count). The fourth-order valence-corrected chi connectivity index (χ4v) is 3.77. The lowest BCUT2D eigenvalue weighted by molar-refractivity contribution is -0.121. The molecular weight excluding hydrogens is 416 g/mol. The van der Waals surface area contributed by atoms with Crippen LogP contribution < -0.4 is 20.1 Å². The molecular formula is C27H28N2O4. The van der Waals surface area contributed by atoms with E-state index in [1.54, 1.807) is 12.1 Å². The topological polar surface area (TPSA) is 76.7 Å². The van der Waals surface area contributed by atoms with Crippen LogP contribution in [-0.2, 0) is 10.2 Å². The van der Waals surface area contributed by atoms with Crippen LogP contribution in [0.4, 0.5) is 0 Å². The van der Waals surface area contributed by atoms with Crippen LogP contribution in [0.15, 0.2) is 78.9 Å². The summed E-state index contributed by atoms with van der Waals surface area (Å²) in [5.74, 6) is 1.11. The Kier molecular flexibility index (Phi) is 6.63. The fourth-order valence-electron chi connectivity index (χ4n) is 3.77. The molecule has 170 valence electrons. The predicted octanol–water partition coefficient (Wildman–Crippen LogP) is 4.37. The average Bonchev–Trinajstić information content (AvgIpc) is 3.31.